The van der Waals surface area contributed by atoms with E-state index >= 15 is 0 Å². The van der Waals surface area contributed by atoms with Gasteiger partial charge in [-0.25, -0.2) is 12.8 Å². The van der Waals surface area contributed by atoms with E-state index in [-0.39, 0.29) is 10.6 Å². The van der Waals surface area contributed by atoms with Gasteiger partial charge in [-0.1, -0.05) is 0 Å². The van der Waals surface area contributed by atoms with Gasteiger partial charge >= 0.3 is 0 Å². The van der Waals surface area contributed by atoms with Gasteiger partial charge in [-0.05, 0) is 42.5 Å². The Kier molecular flexibility index (Phi) is 3.59. The van der Waals surface area contributed by atoms with Gasteiger partial charge in [0.15, 0.2) is 0 Å². The lowest BCUT2D eigenvalue weighted by Gasteiger charge is -2.08. The van der Waals surface area contributed by atoms with Gasteiger partial charge in [0.05, 0.1) is 22.2 Å². The van der Waals surface area contributed by atoms with Crippen molar-refractivity contribution in [3.05, 3.63) is 53.8 Å². The minimum atomic E-state index is -3.85. The van der Waals surface area contributed by atoms with Crippen molar-refractivity contribution in [1.82, 2.24) is 0 Å². The normalized spacial score (nSPS) is 10.8. The SMILES string of the molecule is N#Cc1ccc(NS(=O)(=O)c2ccc(F)c(N)c2)cc1. The number of rotatable bonds is 3. The number of nitrogens with one attached hydrogen (secondary N) is 1. The first-order chi connectivity index (χ1) is 9.42. The highest BCUT2D eigenvalue weighted by Crippen LogP contribution is 2.20. The van der Waals surface area contributed by atoms with Crippen LogP contribution >= 0.6 is 0 Å². The molecule has 0 aliphatic rings. The first kappa shape index (κ1) is 13.8. The first-order valence-electron chi connectivity index (χ1n) is 5.50. The fourth-order valence-corrected chi connectivity index (χ4v) is 2.61. The Hall–Kier alpha value is -2.59. The van der Waals surface area contributed by atoms with Crippen molar-refractivity contribution in [2.75, 3.05) is 10.5 Å². The van der Waals surface area contributed by atoms with Gasteiger partial charge < -0.3 is 5.73 Å². The van der Waals surface area contributed by atoms with Crippen LogP contribution in [0.3, 0.4) is 0 Å². The molecule has 7 heteroatoms. The monoisotopic (exact) mass is 291 g/mol. The molecule has 20 heavy (non-hydrogen) atoms. The molecule has 0 aromatic heterocycles. The third-order valence-electron chi connectivity index (χ3n) is 2.54. The van der Waals surface area contributed by atoms with E-state index in [4.69, 9.17) is 11.0 Å². The maximum atomic E-state index is 13.0. The Morgan fingerprint density at radius 1 is 1.15 bits per heavy atom. The molecular formula is C13H10FN3O2S. The number of hydrogen-bond donors (Lipinski definition) is 2. The molecule has 0 spiro atoms. The smallest absolute Gasteiger partial charge is 0.261 e. The lowest BCUT2D eigenvalue weighted by Crippen LogP contribution is -2.13. The van der Waals surface area contributed by atoms with E-state index in [1.807, 2.05) is 6.07 Å². The van der Waals surface area contributed by atoms with Crippen molar-refractivity contribution in [2.24, 2.45) is 0 Å². The molecule has 2 rings (SSSR count). The number of nitriles is 1. The van der Waals surface area contributed by atoms with Crippen LogP contribution < -0.4 is 10.5 Å². The van der Waals surface area contributed by atoms with E-state index in [1.165, 1.54) is 24.3 Å². The van der Waals surface area contributed by atoms with Crippen LogP contribution in [0.15, 0.2) is 47.4 Å². The number of halogens is 1. The second kappa shape index (κ2) is 5.19. The van der Waals surface area contributed by atoms with Gasteiger partial charge in [-0.3, -0.25) is 4.72 Å². The molecule has 2 aromatic carbocycles. The Morgan fingerprint density at radius 2 is 1.80 bits per heavy atom. The van der Waals surface area contributed by atoms with Crippen LogP contribution in [0.25, 0.3) is 0 Å². The molecule has 0 bridgehead atoms. The van der Waals surface area contributed by atoms with Crippen molar-refractivity contribution >= 4 is 21.4 Å². The molecule has 0 amide bonds. The van der Waals surface area contributed by atoms with E-state index in [9.17, 15) is 12.8 Å². The highest BCUT2D eigenvalue weighted by Gasteiger charge is 2.15. The highest BCUT2D eigenvalue weighted by atomic mass is 32.2. The maximum absolute atomic E-state index is 13.0. The van der Waals surface area contributed by atoms with Gasteiger partial charge in [0, 0.05) is 5.69 Å². The number of nitrogens with two attached hydrogens (primary N) is 1. The first-order valence-corrected chi connectivity index (χ1v) is 6.99. The van der Waals surface area contributed by atoms with Crippen molar-refractivity contribution in [2.45, 2.75) is 4.90 Å². The zero-order valence-electron chi connectivity index (χ0n) is 10.2. The average molecular weight is 291 g/mol. The van der Waals surface area contributed by atoms with Gasteiger partial charge in [-0.2, -0.15) is 5.26 Å². The van der Waals surface area contributed by atoms with Crippen LogP contribution in [0.4, 0.5) is 15.8 Å². The van der Waals surface area contributed by atoms with E-state index in [0.29, 0.717) is 11.3 Å². The zero-order chi connectivity index (χ0) is 14.8. The molecule has 0 saturated carbocycles. The van der Waals surface area contributed by atoms with Crippen LogP contribution in [-0.2, 0) is 10.0 Å². The zero-order valence-corrected chi connectivity index (χ0v) is 11.0. The average Bonchev–Trinajstić information content (AvgIpc) is 2.42. The molecular weight excluding hydrogens is 281 g/mol. The third kappa shape index (κ3) is 2.87. The molecule has 0 aliphatic carbocycles. The van der Waals surface area contributed by atoms with Crippen LogP contribution in [0.5, 0.6) is 0 Å². The fourth-order valence-electron chi connectivity index (χ4n) is 1.52. The molecule has 0 heterocycles. The summed E-state index contributed by atoms with van der Waals surface area (Å²) in [5.74, 6) is -0.678. The van der Waals surface area contributed by atoms with Crippen LogP contribution in [0.1, 0.15) is 5.56 Å². The van der Waals surface area contributed by atoms with Crippen molar-refractivity contribution in [1.29, 1.82) is 5.26 Å². The number of sulfonamides is 1. The maximum Gasteiger partial charge on any atom is 0.261 e. The van der Waals surface area contributed by atoms with E-state index < -0.39 is 15.8 Å². The summed E-state index contributed by atoms with van der Waals surface area (Å²) in [5.41, 5.74) is 5.82. The van der Waals surface area contributed by atoms with Crippen molar-refractivity contribution in [3.8, 4) is 6.07 Å². The summed E-state index contributed by atoms with van der Waals surface area (Å²) in [7, 11) is -3.85. The second-order valence-corrected chi connectivity index (χ2v) is 5.66. The molecule has 0 unspecified atom stereocenters. The summed E-state index contributed by atoms with van der Waals surface area (Å²) in [4.78, 5) is -0.138. The molecule has 2 aromatic rings. The summed E-state index contributed by atoms with van der Waals surface area (Å²) in [6, 6.07) is 11.0. The summed E-state index contributed by atoms with van der Waals surface area (Å²) in [6.07, 6.45) is 0. The van der Waals surface area contributed by atoms with Gasteiger partial charge in [-0.15, -0.1) is 0 Å². The third-order valence-corrected chi connectivity index (χ3v) is 3.92. The molecule has 0 atom stereocenters. The second-order valence-electron chi connectivity index (χ2n) is 3.98. The molecule has 0 saturated heterocycles. The predicted molar refractivity (Wildman–Crippen MR) is 72.8 cm³/mol. The fraction of sp³-hybridized carbons (Fsp3) is 0. The largest absolute Gasteiger partial charge is 0.396 e. The minimum Gasteiger partial charge on any atom is -0.396 e. The van der Waals surface area contributed by atoms with E-state index in [2.05, 4.69) is 4.72 Å². The van der Waals surface area contributed by atoms with E-state index in [1.54, 1.807) is 0 Å². The lowest BCUT2D eigenvalue weighted by atomic mass is 10.2. The highest BCUT2D eigenvalue weighted by molar-refractivity contribution is 7.92. The molecule has 0 aliphatic heterocycles. The van der Waals surface area contributed by atoms with Crippen LogP contribution in [0, 0.1) is 17.1 Å². The molecule has 102 valence electrons. The Morgan fingerprint density at radius 3 is 2.35 bits per heavy atom. The number of hydrogen-bond acceptors (Lipinski definition) is 4. The predicted octanol–water partition coefficient (Wildman–Crippen LogP) is 2.08. The van der Waals surface area contributed by atoms with Crippen molar-refractivity contribution < 1.29 is 12.8 Å². The quantitative estimate of drug-likeness (QED) is 0.846. The van der Waals surface area contributed by atoms with Crippen LogP contribution in [0.2, 0.25) is 0 Å². The Balaban J connectivity index is 2.30. The van der Waals surface area contributed by atoms with Crippen molar-refractivity contribution in [3.63, 3.8) is 0 Å². The summed E-state index contributed by atoms with van der Waals surface area (Å²) in [6.45, 7) is 0. The molecule has 5 nitrogen and oxygen atoms in total. The summed E-state index contributed by atoms with van der Waals surface area (Å²) in [5, 5.41) is 8.66. The number of nitrogens with zero attached hydrogens (tertiary/aromatic N) is 1. The van der Waals surface area contributed by atoms with Gasteiger partial charge in [0.1, 0.15) is 5.82 Å². The summed E-state index contributed by atoms with van der Waals surface area (Å²) < 4.78 is 39.5. The standard InChI is InChI=1S/C13H10FN3O2S/c14-12-6-5-11(7-13(12)16)20(18,19)17-10-3-1-9(8-15)2-4-10/h1-7,17H,16H2. The van der Waals surface area contributed by atoms with Gasteiger partial charge in [0.25, 0.3) is 10.0 Å². The lowest BCUT2D eigenvalue weighted by molar-refractivity contribution is 0.600. The Bertz CT molecular complexity index is 780. The minimum absolute atomic E-state index is 0.138. The number of anilines is 2. The Labute approximate surface area is 115 Å². The van der Waals surface area contributed by atoms with Gasteiger partial charge in [0.2, 0.25) is 0 Å². The number of nitrogen functional groups attached to an aromatic ring is 1. The molecule has 0 radical (unpaired) electrons. The molecule has 0 fully saturated rings. The summed E-state index contributed by atoms with van der Waals surface area (Å²) >= 11 is 0. The van der Waals surface area contributed by atoms with E-state index in [0.717, 1.165) is 18.2 Å². The topological polar surface area (TPSA) is 96.0 Å². The molecule has 3 N–H and O–H groups in total. The number of benzene rings is 2. The van der Waals surface area contributed by atoms with Crippen LogP contribution in [-0.4, -0.2) is 8.42 Å².